The van der Waals surface area contributed by atoms with Crippen molar-refractivity contribution in [1.29, 1.82) is 0 Å². The fourth-order valence-corrected chi connectivity index (χ4v) is 2.40. The average molecular weight is 352 g/mol. The van der Waals surface area contributed by atoms with Crippen LogP contribution in [0.2, 0.25) is 0 Å². The number of carbonyl (C=O) groups is 1. The van der Waals surface area contributed by atoms with Gasteiger partial charge in [-0.15, -0.1) is 0 Å². The van der Waals surface area contributed by atoms with Crippen LogP contribution in [0.25, 0.3) is 0 Å². The molecule has 0 fully saturated rings. The third kappa shape index (κ3) is 8.03. The van der Waals surface area contributed by atoms with Crippen molar-refractivity contribution in [2.75, 3.05) is 13.2 Å². The first-order valence-corrected chi connectivity index (χ1v) is 7.94. The summed E-state index contributed by atoms with van der Waals surface area (Å²) >= 11 is 0. The van der Waals surface area contributed by atoms with Gasteiger partial charge in [-0.05, 0) is 36.6 Å². The molecule has 0 saturated carbocycles. The predicted molar refractivity (Wildman–Crippen MR) is 92.1 cm³/mol. The Bertz CT molecular complexity index is 634. The van der Waals surface area contributed by atoms with Gasteiger partial charge in [-0.25, -0.2) is 4.79 Å². The van der Waals surface area contributed by atoms with Crippen LogP contribution >= 0.6 is 0 Å². The Kier molecular flexibility index (Phi) is 9.78. The standard InChI is InChI=1S/C19H23NO4.Na/c1-14(20-12-18(21)16-5-3-2-4-6-16)11-15-7-9-17(10-8-15)24-13-19(22)23;/h2-10,14,18,20-21H,11-13H2,1H3,(H,22,23);/q;+1. The van der Waals surface area contributed by atoms with Gasteiger partial charge in [0.1, 0.15) is 5.75 Å². The quantitative estimate of drug-likeness (QED) is 0.526. The molecule has 0 heterocycles. The molecular formula is C19H23NNaO4+. The predicted octanol–water partition coefficient (Wildman–Crippen LogP) is -0.592. The normalized spacial score (nSPS) is 12.7. The van der Waals surface area contributed by atoms with Gasteiger partial charge >= 0.3 is 35.5 Å². The third-order valence-corrected chi connectivity index (χ3v) is 3.67. The summed E-state index contributed by atoms with van der Waals surface area (Å²) in [6.07, 6.45) is 0.279. The molecule has 128 valence electrons. The van der Waals surface area contributed by atoms with Crippen LogP contribution in [0, 0.1) is 0 Å². The molecular weight excluding hydrogens is 329 g/mol. The van der Waals surface area contributed by atoms with E-state index in [1.807, 2.05) is 42.5 Å². The van der Waals surface area contributed by atoms with Crippen molar-refractivity contribution in [3.63, 3.8) is 0 Å². The van der Waals surface area contributed by atoms with Crippen LogP contribution in [0.4, 0.5) is 0 Å². The average Bonchev–Trinajstić information content (AvgIpc) is 2.60. The number of carboxylic acid groups (broad SMARTS) is 1. The molecule has 0 aliphatic carbocycles. The van der Waals surface area contributed by atoms with Crippen LogP contribution in [0.5, 0.6) is 5.75 Å². The summed E-state index contributed by atoms with van der Waals surface area (Å²) in [5, 5.41) is 22.1. The molecule has 25 heavy (non-hydrogen) atoms. The SMILES string of the molecule is CC(Cc1ccc(OCC(=O)O)cc1)NCC(O)c1ccccc1.[Na+]. The maximum Gasteiger partial charge on any atom is 1.00 e. The van der Waals surface area contributed by atoms with Crippen molar-refractivity contribution in [1.82, 2.24) is 5.32 Å². The Morgan fingerprint density at radius 2 is 1.76 bits per heavy atom. The monoisotopic (exact) mass is 352 g/mol. The second-order valence-corrected chi connectivity index (χ2v) is 5.77. The molecule has 2 rings (SSSR count). The number of rotatable bonds is 9. The van der Waals surface area contributed by atoms with Crippen molar-refractivity contribution in [2.45, 2.75) is 25.5 Å². The second kappa shape index (κ2) is 11.3. The van der Waals surface area contributed by atoms with E-state index in [-0.39, 0.29) is 42.2 Å². The zero-order valence-corrected chi connectivity index (χ0v) is 16.7. The number of aliphatic hydroxyl groups is 1. The number of hydrogen-bond acceptors (Lipinski definition) is 4. The van der Waals surface area contributed by atoms with Crippen LogP contribution < -0.4 is 39.6 Å². The second-order valence-electron chi connectivity index (χ2n) is 5.77. The van der Waals surface area contributed by atoms with E-state index in [0.717, 1.165) is 17.5 Å². The molecule has 3 N–H and O–H groups in total. The van der Waals surface area contributed by atoms with E-state index in [0.29, 0.717) is 12.3 Å². The van der Waals surface area contributed by atoms with Gasteiger partial charge in [-0.1, -0.05) is 42.5 Å². The van der Waals surface area contributed by atoms with E-state index in [9.17, 15) is 9.90 Å². The topological polar surface area (TPSA) is 78.8 Å². The van der Waals surface area contributed by atoms with Gasteiger partial charge in [0.05, 0.1) is 6.10 Å². The van der Waals surface area contributed by atoms with Crippen LogP contribution in [-0.4, -0.2) is 35.4 Å². The molecule has 0 radical (unpaired) electrons. The number of hydrogen-bond donors (Lipinski definition) is 3. The molecule has 2 atom stereocenters. The van der Waals surface area contributed by atoms with Crippen molar-refractivity contribution >= 4 is 5.97 Å². The summed E-state index contributed by atoms with van der Waals surface area (Å²) in [6, 6.07) is 17.1. The molecule has 6 heteroatoms. The molecule has 2 aromatic rings. The summed E-state index contributed by atoms with van der Waals surface area (Å²) in [5.74, 6) is -0.449. The first kappa shape index (κ1) is 21.7. The number of aliphatic carboxylic acids is 1. The van der Waals surface area contributed by atoms with Gasteiger partial charge in [-0.3, -0.25) is 0 Å². The van der Waals surface area contributed by atoms with E-state index in [1.54, 1.807) is 12.1 Å². The Labute approximate surface area is 170 Å². The van der Waals surface area contributed by atoms with Crippen molar-refractivity contribution in [2.24, 2.45) is 0 Å². The maximum absolute atomic E-state index is 10.5. The van der Waals surface area contributed by atoms with E-state index in [2.05, 4.69) is 12.2 Å². The molecule has 0 aromatic heterocycles. The largest absolute Gasteiger partial charge is 1.00 e. The molecule has 0 spiro atoms. The number of ether oxygens (including phenoxy) is 1. The van der Waals surface area contributed by atoms with Crippen LogP contribution in [0.1, 0.15) is 24.2 Å². The smallest absolute Gasteiger partial charge is 0.482 e. The van der Waals surface area contributed by atoms with Crippen molar-refractivity contribution in [3.05, 3.63) is 65.7 Å². The molecule has 0 bridgehead atoms. The molecule has 5 nitrogen and oxygen atoms in total. The minimum Gasteiger partial charge on any atom is -0.482 e. The first-order chi connectivity index (χ1) is 11.5. The maximum atomic E-state index is 10.5. The number of nitrogens with one attached hydrogen (secondary N) is 1. The number of aliphatic hydroxyl groups excluding tert-OH is 1. The molecule has 0 amide bonds. The first-order valence-electron chi connectivity index (χ1n) is 7.94. The van der Waals surface area contributed by atoms with Crippen molar-refractivity contribution in [3.8, 4) is 5.75 Å². The van der Waals surface area contributed by atoms with Gasteiger partial charge in [-0.2, -0.15) is 0 Å². The summed E-state index contributed by atoms with van der Waals surface area (Å²) in [6.45, 7) is 2.21. The van der Waals surface area contributed by atoms with Gasteiger partial charge in [0.2, 0.25) is 0 Å². The third-order valence-electron chi connectivity index (χ3n) is 3.67. The van der Waals surface area contributed by atoms with E-state index in [1.165, 1.54) is 0 Å². The van der Waals surface area contributed by atoms with Crippen molar-refractivity contribution < 1.29 is 49.3 Å². The zero-order valence-electron chi connectivity index (χ0n) is 14.7. The van der Waals surface area contributed by atoms with Crippen LogP contribution in [0.15, 0.2) is 54.6 Å². The minimum atomic E-state index is -0.992. The Balaban J connectivity index is 0.00000312. The molecule has 0 saturated heterocycles. The van der Waals surface area contributed by atoms with Gasteiger partial charge in [0, 0.05) is 12.6 Å². The summed E-state index contributed by atoms with van der Waals surface area (Å²) in [4.78, 5) is 10.5. The minimum absolute atomic E-state index is 0. The number of benzene rings is 2. The van der Waals surface area contributed by atoms with E-state index >= 15 is 0 Å². The molecule has 2 aromatic carbocycles. The zero-order chi connectivity index (χ0) is 17.4. The van der Waals surface area contributed by atoms with Gasteiger partial charge in [0.25, 0.3) is 0 Å². The summed E-state index contributed by atoms with van der Waals surface area (Å²) in [7, 11) is 0. The van der Waals surface area contributed by atoms with E-state index in [4.69, 9.17) is 9.84 Å². The fourth-order valence-electron chi connectivity index (χ4n) is 2.40. The van der Waals surface area contributed by atoms with E-state index < -0.39 is 12.1 Å². The molecule has 0 aliphatic rings. The summed E-state index contributed by atoms with van der Waals surface area (Å²) < 4.78 is 5.11. The molecule has 2 unspecified atom stereocenters. The Hall–Kier alpha value is -1.37. The van der Waals surface area contributed by atoms with Gasteiger partial charge in [0.15, 0.2) is 6.61 Å². The van der Waals surface area contributed by atoms with Gasteiger partial charge < -0.3 is 20.3 Å². The molecule has 0 aliphatic heterocycles. The van der Waals surface area contributed by atoms with Crippen LogP contribution in [0.3, 0.4) is 0 Å². The Morgan fingerprint density at radius 3 is 2.36 bits per heavy atom. The summed E-state index contributed by atoms with van der Waals surface area (Å²) in [5.41, 5.74) is 2.02. The fraction of sp³-hybridized carbons (Fsp3) is 0.316. The Morgan fingerprint density at radius 1 is 1.12 bits per heavy atom. The number of carboxylic acids is 1. The van der Waals surface area contributed by atoms with Crippen LogP contribution in [-0.2, 0) is 11.2 Å².